The van der Waals surface area contributed by atoms with Gasteiger partial charge >= 0.3 is 0 Å². The fourth-order valence-corrected chi connectivity index (χ4v) is 2.79. The van der Waals surface area contributed by atoms with E-state index in [1.54, 1.807) is 6.20 Å². The summed E-state index contributed by atoms with van der Waals surface area (Å²) in [5, 5.41) is 4.83. The van der Waals surface area contributed by atoms with Gasteiger partial charge in [-0.3, -0.25) is 9.78 Å². The van der Waals surface area contributed by atoms with Crippen LogP contribution in [0.3, 0.4) is 0 Å². The van der Waals surface area contributed by atoms with Crippen LogP contribution in [0.1, 0.15) is 34.3 Å². The number of aryl methyl sites for hydroxylation is 1. The number of carbonyl (C=O) groups is 1. The molecular formula is C18H18N2OS. The van der Waals surface area contributed by atoms with Crippen LogP contribution < -0.4 is 15.9 Å². The van der Waals surface area contributed by atoms with Crippen LogP contribution in [0.4, 0.5) is 0 Å². The van der Waals surface area contributed by atoms with Crippen molar-refractivity contribution in [2.24, 2.45) is 0 Å². The molecule has 4 heteroatoms. The molecule has 0 spiro atoms. The molecule has 1 N–H and O–H groups in total. The highest BCUT2D eigenvalue weighted by molar-refractivity contribution is 7.90. The van der Waals surface area contributed by atoms with E-state index in [0.29, 0.717) is 12.1 Å². The van der Waals surface area contributed by atoms with E-state index in [1.165, 1.54) is 5.56 Å². The van der Waals surface area contributed by atoms with Gasteiger partial charge in [-0.15, -0.1) is 12.6 Å². The average molecular weight is 310 g/mol. The van der Waals surface area contributed by atoms with Gasteiger partial charge in [0.15, 0.2) is 0 Å². The normalized spacial score (nSPS) is 13.3. The highest BCUT2D eigenvalue weighted by Crippen LogP contribution is 2.10. The van der Waals surface area contributed by atoms with Crippen LogP contribution in [0.15, 0.2) is 36.5 Å². The number of rotatable bonds is 3. The molecule has 0 saturated heterocycles. The Labute approximate surface area is 135 Å². The van der Waals surface area contributed by atoms with E-state index in [1.807, 2.05) is 37.3 Å². The number of carbonyl (C=O) groups excluding carboxylic acids is 1. The lowest BCUT2D eigenvalue weighted by Gasteiger charge is -2.08. The molecule has 3 nitrogen and oxygen atoms in total. The molecule has 0 fully saturated rings. The van der Waals surface area contributed by atoms with E-state index in [0.717, 1.165) is 33.9 Å². The summed E-state index contributed by atoms with van der Waals surface area (Å²) in [5.41, 5.74) is 2.89. The smallest absolute Gasteiger partial charge is 0.253 e. The van der Waals surface area contributed by atoms with Crippen molar-refractivity contribution in [1.29, 1.82) is 0 Å². The third-order valence-electron chi connectivity index (χ3n) is 3.77. The first-order valence-corrected chi connectivity index (χ1v) is 7.80. The van der Waals surface area contributed by atoms with E-state index in [9.17, 15) is 4.79 Å². The minimum atomic E-state index is -0.101. The van der Waals surface area contributed by atoms with E-state index in [-0.39, 0.29) is 5.91 Å². The lowest BCUT2D eigenvalue weighted by molar-refractivity contribution is 0.0950. The van der Waals surface area contributed by atoms with Crippen LogP contribution in [-0.4, -0.2) is 10.9 Å². The highest BCUT2D eigenvalue weighted by atomic mass is 32.1. The number of nitrogens with one attached hydrogen (secondary N) is 1. The third-order valence-corrected chi connectivity index (χ3v) is 4.21. The summed E-state index contributed by atoms with van der Waals surface area (Å²) >= 11 is 4.46. The molecule has 112 valence electrons. The monoisotopic (exact) mass is 310 g/mol. The summed E-state index contributed by atoms with van der Waals surface area (Å²) < 4.78 is 0. The van der Waals surface area contributed by atoms with Gasteiger partial charge in [-0.25, -0.2) is 0 Å². The summed E-state index contributed by atoms with van der Waals surface area (Å²) in [4.78, 5) is 17.6. The Balaban J connectivity index is 1.76. The number of thiol groups is 1. The number of hydrogen-bond acceptors (Lipinski definition) is 3. The van der Waals surface area contributed by atoms with Gasteiger partial charge in [0.2, 0.25) is 0 Å². The zero-order valence-electron chi connectivity index (χ0n) is 12.5. The first-order chi connectivity index (χ1) is 10.6. The van der Waals surface area contributed by atoms with Gasteiger partial charge in [0.1, 0.15) is 0 Å². The van der Waals surface area contributed by atoms with Crippen LogP contribution in [0, 0.1) is 6.92 Å². The molecule has 22 heavy (non-hydrogen) atoms. The van der Waals surface area contributed by atoms with Crippen LogP contribution in [-0.2, 0) is 6.54 Å². The number of benzene rings is 1. The fourth-order valence-electron chi connectivity index (χ4n) is 2.48. The summed E-state index contributed by atoms with van der Waals surface area (Å²) in [5.74, 6) is -0.101. The van der Waals surface area contributed by atoms with Crippen molar-refractivity contribution in [3.63, 3.8) is 0 Å². The van der Waals surface area contributed by atoms with Crippen LogP contribution >= 0.6 is 12.6 Å². The first-order valence-electron chi connectivity index (χ1n) is 7.35. The number of aromatic nitrogens is 1. The Kier molecular flexibility index (Phi) is 4.29. The maximum atomic E-state index is 12.3. The second kappa shape index (κ2) is 6.36. The van der Waals surface area contributed by atoms with Gasteiger partial charge in [0.05, 0.1) is 10.9 Å². The molecule has 0 saturated carbocycles. The van der Waals surface area contributed by atoms with Crippen molar-refractivity contribution in [3.05, 3.63) is 63.8 Å². The van der Waals surface area contributed by atoms with E-state index < -0.39 is 0 Å². The fraction of sp³-hybridized carbons (Fsp3) is 0.222. The lowest BCUT2D eigenvalue weighted by Crippen LogP contribution is -2.34. The predicted octanol–water partition coefficient (Wildman–Crippen LogP) is 1.93. The summed E-state index contributed by atoms with van der Waals surface area (Å²) in [7, 11) is 0. The maximum Gasteiger partial charge on any atom is 0.253 e. The molecule has 1 aliphatic carbocycles. The lowest BCUT2D eigenvalue weighted by atomic mass is 10.1. The van der Waals surface area contributed by atoms with Gasteiger partial charge in [-0.2, -0.15) is 0 Å². The molecule has 1 aromatic heterocycles. The molecule has 2 aromatic rings. The minimum Gasteiger partial charge on any atom is -0.348 e. The zero-order chi connectivity index (χ0) is 15.5. The van der Waals surface area contributed by atoms with Crippen molar-refractivity contribution in [3.8, 4) is 0 Å². The second-order valence-electron chi connectivity index (χ2n) is 5.52. The Hall–Kier alpha value is -2.07. The zero-order valence-corrected chi connectivity index (χ0v) is 13.4. The molecule has 0 bridgehead atoms. The number of amides is 1. The first kappa shape index (κ1) is 14.9. The van der Waals surface area contributed by atoms with Crippen molar-refractivity contribution in [1.82, 2.24) is 10.3 Å². The average Bonchev–Trinajstić information content (AvgIpc) is 2.54. The maximum absolute atomic E-state index is 12.3. The SMILES string of the molecule is Cc1ccc(CNC(=O)c2cnc3c(c2)=CCCC=3S)cc1. The quantitative estimate of drug-likeness (QED) is 0.851. The van der Waals surface area contributed by atoms with E-state index >= 15 is 0 Å². The topological polar surface area (TPSA) is 42.0 Å². The second-order valence-corrected chi connectivity index (χ2v) is 6.06. The highest BCUT2D eigenvalue weighted by Gasteiger charge is 2.08. The minimum absolute atomic E-state index is 0.101. The van der Waals surface area contributed by atoms with Gasteiger partial charge < -0.3 is 5.32 Å². The van der Waals surface area contributed by atoms with Gasteiger partial charge in [-0.1, -0.05) is 35.9 Å². The molecule has 3 rings (SSSR count). The Morgan fingerprint density at radius 2 is 2.09 bits per heavy atom. The summed E-state index contributed by atoms with van der Waals surface area (Å²) in [6.45, 7) is 2.56. The molecule has 0 atom stereocenters. The molecule has 1 amide bonds. The van der Waals surface area contributed by atoms with Crippen molar-refractivity contribution >= 4 is 29.5 Å². The van der Waals surface area contributed by atoms with Crippen molar-refractivity contribution in [2.45, 2.75) is 26.3 Å². The van der Waals surface area contributed by atoms with Crippen LogP contribution in [0.2, 0.25) is 0 Å². The molecule has 1 aliphatic rings. The van der Waals surface area contributed by atoms with Gasteiger partial charge in [0.25, 0.3) is 5.91 Å². The van der Waals surface area contributed by atoms with Crippen molar-refractivity contribution in [2.75, 3.05) is 0 Å². The third kappa shape index (κ3) is 3.22. The molecule has 1 aromatic carbocycles. The predicted molar refractivity (Wildman–Crippen MR) is 91.9 cm³/mol. The number of pyridine rings is 1. The van der Waals surface area contributed by atoms with E-state index in [2.05, 4.69) is 29.0 Å². The Bertz CT molecular complexity index is 825. The number of hydrogen-bond donors (Lipinski definition) is 2. The number of fused-ring (bicyclic) bond motifs is 1. The Morgan fingerprint density at radius 1 is 1.32 bits per heavy atom. The number of nitrogens with zero attached hydrogens (tertiary/aromatic N) is 1. The Morgan fingerprint density at radius 3 is 2.86 bits per heavy atom. The van der Waals surface area contributed by atoms with E-state index in [4.69, 9.17) is 0 Å². The molecule has 0 unspecified atom stereocenters. The van der Waals surface area contributed by atoms with Gasteiger partial charge in [0, 0.05) is 17.6 Å². The molecular weight excluding hydrogens is 292 g/mol. The van der Waals surface area contributed by atoms with Gasteiger partial charge in [-0.05, 0) is 36.6 Å². The largest absolute Gasteiger partial charge is 0.348 e. The standard InChI is InChI=1S/C18H18N2OS/c1-12-5-7-13(8-6-12)10-20-18(21)15-9-14-3-2-4-16(22)17(14)19-11-15/h3,5-9,11,22H,2,4,10H2,1H3,(H,20,21). The molecule has 0 aliphatic heterocycles. The van der Waals surface area contributed by atoms with Crippen molar-refractivity contribution < 1.29 is 4.79 Å². The molecule has 1 heterocycles. The summed E-state index contributed by atoms with van der Waals surface area (Å²) in [6.07, 6.45) is 5.60. The summed E-state index contributed by atoms with van der Waals surface area (Å²) in [6, 6.07) is 10.0. The van der Waals surface area contributed by atoms with Crippen LogP contribution in [0.5, 0.6) is 0 Å². The molecule has 0 radical (unpaired) electrons. The van der Waals surface area contributed by atoms with Crippen LogP contribution in [0.25, 0.3) is 11.0 Å².